The molecule has 3 N–H and O–H groups in total. The van der Waals surface area contributed by atoms with E-state index < -0.39 is 0 Å². The van der Waals surface area contributed by atoms with Crippen LogP contribution in [-0.4, -0.2) is 41.4 Å². The molecule has 0 aromatic carbocycles. The Labute approximate surface area is 103 Å². The summed E-state index contributed by atoms with van der Waals surface area (Å²) < 4.78 is 1.83. The van der Waals surface area contributed by atoms with Crippen molar-refractivity contribution < 1.29 is 0 Å². The van der Waals surface area contributed by atoms with Crippen LogP contribution in [0.2, 0.25) is 0 Å². The van der Waals surface area contributed by atoms with Crippen LogP contribution in [0, 0.1) is 12.8 Å². The molecule has 17 heavy (non-hydrogen) atoms. The predicted octanol–water partition coefficient (Wildman–Crippen LogP) is 1.06. The smallest absolute Gasteiger partial charge is 0.147 e. The topological polar surface area (TPSA) is 59.1 Å². The molecule has 1 aromatic rings. The molecular weight excluding hydrogens is 214 g/mol. The molecule has 0 bridgehead atoms. The van der Waals surface area contributed by atoms with Crippen molar-refractivity contribution in [2.45, 2.75) is 19.8 Å². The van der Waals surface area contributed by atoms with E-state index in [0.717, 1.165) is 29.7 Å². The lowest BCUT2D eigenvalue weighted by Crippen LogP contribution is -2.33. The molecule has 0 unspecified atom stereocenters. The first-order valence-corrected chi connectivity index (χ1v) is 6.29. The van der Waals surface area contributed by atoms with Gasteiger partial charge in [-0.05, 0) is 45.8 Å². The van der Waals surface area contributed by atoms with Crippen LogP contribution >= 0.6 is 0 Å². The molecule has 5 nitrogen and oxygen atoms in total. The largest absolute Gasteiger partial charge is 0.394 e. The number of likely N-dealkylation sites (tertiary alicyclic amines) is 1. The van der Waals surface area contributed by atoms with Crippen molar-refractivity contribution in [1.29, 1.82) is 0 Å². The first-order chi connectivity index (χ1) is 8.08. The summed E-state index contributed by atoms with van der Waals surface area (Å²) in [4.78, 5) is 2.39. The molecule has 1 aliphatic rings. The molecule has 0 aliphatic carbocycles. The number of hydrogen-bond acceptors (Lipinski definition) is 4. The molecule has 1 aromatic heterocycles. The Morgan fingerprint density at radius 3 is 2.53 bits per heavy atom. The molecule has 0 atom stereocenters. The minimum Gasteiger partial charge on any atom is -0.394 e. The van der Waals surface area contributed by atoms with E-state index in [-0.39, 0.29) is 0 Å². The van der Waals surface area contributed by atoms with Gasteiger partial charge in [0.05, 0.1) is 11.4 Å². The van der Waals surface area contributed by atoms with Crippen molar-refractivity contribution in [2.75, 3.05) is 37.7 Å². The highest BCUT2D eigenvalue weighted by atomic mass is 15.3. The Balaban J connectivity index is 1.89. The monoisotopic (exact) mass is 237 g/mol. The van der Waals surface area contributed by atoms with Crippen LogP contribution in [0.5, 0.6) is 0 Å². The fourth-order valence-electron chi connectivity index (χ4n) is 2.39. The molecule has 96 valence electrons. The summed E-state index contributed by atoms with van der Waals surface area (Å²) in [5.41, 5.74) is 7.67. The van der Waals surface area contributed by atoms with Crippen molar-refractivity contribution in [2.24, 2.45) is 13.0 Å². The van der Waals surface area contributed by atoms with Gasteiger partial charge in [-0.15, -0.1) is 0 Å². The van der Waals surface area contributed by atoms with Gasteiger partial charge in [-0.3, -0.25) is 4.68 Å². The Morgan fingerprint density at radius 2 is 2.00 bits per heavy atom. The molecule has 0 amide bonds. The van der Waals surface area contributed by atoms with Crippen LogP contribution in [0.1, 0.15) is 18.5 Å². The van der Waals surface area contributed by atoms with Gasteiger partial charge in [0.1, 0.15) is 5.82 Å². The average Bonchev–Trinajstić information content (AvgIpc) is 2.54. The first-order valence-electron chi connectivity index (χ1n) is 6.29. The van der Waals surface area contributed by atoms with Gasteiger partial charge in [0.25, 0.3) is 0 Å². The van der Waals surface area contributed by atoms with E-state index in [2.05, 4.69) is 22.4 Å². The van der Waals surface area contributed by atoms with Crippen LogP contribution < -0.4 is 11.1 Å². The molecule has 0 saturated carbocycles. The van der Waals surface area contributed by atoms with E-state index in [0.29, 0.717) is 0 Å². The number of nitrogens with zero attached hydrogens (tertiary/aromatic N) is 3. The average molecular weight is 237 g/mol. The van der Waals surface area contributed by atoms with E-state index in [9.17, 15) is 0 Å². The fraction of sp³-hybridized carbons (Fsp3) is 0.750. The van der Waals surface area contributed by atoms with Gasteiger partial charge in [0, 0.05) is 13.6 Å². The quantitative estimate of drug-likeness (QED) is 0.825. The maximum atomic E-state index is 5.99. The molecule has 1 saturated heterocycles. The zero-order valence-electron chi connectivity index (χ0n) is 11.0. The molecule has 5 heteroatoms. The van der Waals surface area contributed by atoms with Crippen molar-refractivity contribution in [3.63, 3.8) is 0 Å². The molecule has 2 heterocycles. The molecule has 1 aliphatic heterocycles. The number of aromatic nitrogens is 2. The number of nitrogens with one attached hydrogen (secondary N) is 1. The van der Waals surface area contributed by atoms with Gasteiger partial charge in [0.2, 0.25) is 0 Å². The van der Waals surface area contributed by atoms with Crippen LogP contribution in [-0.2, 0) is 7.05 Å². The van der Waals surface area contributed by atoms with Crippen molar-refractivity contribution in [3.05, 3.63) is 5.69 Å². The summed E-state index contributed by atoms with van der Waals surface area (Å²) in [7, 11) is 4.12. The Kier molecular flexibility index (Phi) is 3.57. The SMILES string of the molecule is Cc1nn(C)c(NCC2CCN(C)CC2)c1N. The summed E-state index contributed by atoms with van der Waals surface area (Å²) >= 11 is 0. The summed E-state index contributed by atoms with van der Waals surface area (Å²) in [6, 6.07) is 0. The molecule has 1 fully saturated rings. The number of hydrogen-bond donors (Lipinski definition) is 2. The number of piperidine rings is 1. The van der Waals surface area contributed by atoms with Gasteiger partial charge >= 0.3 is 0 Å². The second-order valence-electron chi connectivity index (χ2n) is 5.10. The minimum absolute atomic E-state index is 0.751. The third-order valence-electron chi connectivity index (χ3n) is 3.66. The van der Waals surface area contributed by atoms with Crippen molar-refractivity contribution >= 4 is 11.5 Å². The third-order valence-corrected chi connectivity index (χ3v) is 3.66. The van der Waals surface area contributed by atoms with Crippen molar-refractivity contribution in [3.8, 4) is 0 Å². The second-order valence-corrected chi connectivity index (χ2v) is 5.10. The van der Waals surface area contributed by atoms with E-state index in [1.165, 1.54) is 25.9 Å². The highest BCUT2D eigenvalue weighted by molar-refractivity contribution is 5.64. The Bertz CT molecular complexity index is 376. The lowest BCUT2D eigenvalue weighted by atomic mass is 9.97. The van der Waals surface area contributed by atoms with Crippen LogP contribution in [0.4, 0.5) is 11.5 Å². The lowest BCUT2D eigenvalue weighted by molar-refractivity contribution is 0.226. The maximum absolute atomic E-state index is 5.99. The Hall–Kier alpha value is -1.23. The van der Waals surface area contributed by atoms with Gasteiger partial charge in [-0.25, -0.2) is 0 Å². The highest BCUT2D eigenvalue weighted by Crippen LogP contribution is 2.23. The summed E-state index contributed by atoms with van der Waals surface area (Å²) in [5.74, 6) is 1.71. The van der Waals surface area contributed by atoms with Gasteiger partial charge in [-0.2, -0.15) is 5.10 Å². The predicted molar refractivity (Wildman–Crippen MR) is 71.1 cm³/mol. The lowest BCUT2D eigenvalue weighted by Gasteiger charge is -2.29. The van der Waals surface area contributed by atoms with Crippen LogP contribution in [0.15, 0.2) is 0 Å². The Morgan fingerprint density at radius 1 is 1.35 bits per heavy atom. The number of anilines is 2. The zero-order chi connectivity index (χ0) is 12.4. The molecule has 0 spiro atoms. The summed E-state index contributed by atoms with van der Waals surface area (Å²) in [5, 5.41) is 7.75. The maximum Gasteiger partial charge on any atom is 0.147 e. The van der Waals surface area contributed by atoms with Crippen molar-refractivity contribution in [1.82, 2.24) is 14.7 Å². The van der Waals surface area contributed by atoms with Gasteiger partial charge < -0.3 is 16.0 Å². The molecular formula is C12H23N5. The number of rotatable bonds is 3. The highest BCUT2D eigenvalue weighted by Gasteiger charge is 2.17. The fourth-order valence-corrected chi connectivity index (χ4v) is 2.39. The second kappa shape index (κ2) is 4.96. The standard InChI is InChI=1S/C12H23N5/c1-9-11(13)12(17(3)15-9)14-8-10-4-6-16(2)7-5-10/h10,14H,4-8,13H2,1-3H3. The minimum atomic E-state index is 0.751. The number of nitrogens with two attached hydrogens (primary N) is 1. The van der Waals surface area contributed by atoms with Crippen LogP contribution in [0.3, 0.4) is 0 Å². The van der Waals surface area contributed by atoms with E-state index in [1.54, 1.807) is 0 Å². The summed E-state index contributed by atoms with van der Waals surface area (Å²) in [6.45, 7) is 5.34. The van der Waals surface area contributed by atoms with E-state index in [1.807, 2.05) is 18.7 Å². The summed E-state index contributed by atoms with van der Waals surface area (Å²) in [6.07, 6.45) is 2.53. The van der Waals surface area contributed by atoms with Crippen LogP contribution in [0.25, 0.3) is 0 Å². The zero-order valence-corrected chi connectivity index (χ0v) is 11.0. The number of aryl methyl sites for hydroxylation is 2. The van der Waals surface area contributed by atoms with E-state index in [4.69, 9.17) is 5.73 Å². The van der Waals surface area contributed by atoms with Gasteiger partial charge in [0.15, 0.2) is 0 Å². The van der Waals surface area contributed by atoms with Gasteiger partial charge in [-0.1, -0.05) is 0 Å². The third kappa shape index (κ3) is 2.72. The molecule has 0 radical (unpaired) electrons. The van der Waals surface area contributed by atoms with E-state index >= 15 is 0 Å². The normalized spacial score (nSPS) is 18.5. The molecule has 2 rings (SSSR count). The number of nitrogen functional groups attached to an aromatic ring is 1. The first kappa shape index (κ1) is 12.2.